The first-order valence-corrected chi connectivity index (χ1v) is 18.9. The van der Waals surface area contributed by atoms with E-state index in [0.717, 1.165) is 19.4 Å². The molecule has 8 rings (SSSR count). The number of benzene rings is 7. The smallest absolute Gasteiger partial charge is 0.0491 e. The number of rotatable bonds is 14. The molecule has 1 nitrogen and oxygen atoms in total. The minimum absolute atomic E-state index is 1.02. The predicted octanol–water partition coefficient (Wildman–Crippen LogP) is 13.7. The zero-order chi connectivity index (χ0) is 32.5. The summed E-state index contributed by atoms with van der Waals surface area (Å²) < 4.78 is 2.63. The topological polar surface area (TPSA) is 4.93 Å². The van der Waals surface area contributed by atoms with E-state index in [1.807, 2.05) is 0 Å². The van der Waals surface area contributed by atoms with E-state index < -0.39 is 0 Å². The van der Waals surface area contributed by atoms with Gasteiger partial charge in [0.25, 0.3) is 0 Å². The molecule has 8 aromatic rings. The van der Waals surface area contributed by atoms with Crippen molar-refractivity contribution in [3.05, 3.63) is 120 Å². The molecule has 0 aliphatic carbocycles. The Morgan fingerprint density at radius 3 is 1.58 bits per heavy atom. The van der Waals surface area contributed by atoms with Gasteiger partial charge in [0, 0.05) is 28.4 Å². The van der Waals surface area contributed by atoms with E-state index >= 15 is 0 Å². The van der Waals surface area contributed by atoms with Gasteiger partial charge in [0.1, 0.15) is 0 Å². The van der Waals surface area contributed by atoms with Crippen LogP contribution in [0.2, 0.25) is 0 Å². The van der Waals surface area contributed by atoms with Gasteiger partial charge in [0.05, 0.1) is 0 Å². The molecule has 0 aliphatic rings. The SMILES string of the molecule is CCCCCCc1ccc2c(c1)c1cc(CCCCCC)ccc1n2CCCc1ccc2cccc3c4cccc5cccc(c1c23)c54. The monoisotopic (exact) mass is 627 g/mol. The standard InChI is InChI=1S/C47H49N/c1-3-5-7-9-15-33-24-28-43-41(31-33)42-32-34(16-10-8-6-4-2)25-29-44(42)48(43)30-14-20-37-27-26-36-19-12-22-39-38-21-11-17-35-18-13-23-40(45(35)38)47(37)46(36)39/h11-13,17-19,21-29,31-32H,3-10,14-16,20,30H2,1-2H3. The number of hydrogen-bond donors (Lipinski definition) is 0. The molecule has 0 radical (unpaired) electrons. The maximum absolute atomic E-state index is 2.63. The molecule has 0 atom stereocenters. The van der Waals surface area contributed by atoms with Gasteiger partial charge in [-0.3, -0.25) is 0 Å². The van der Waals surface area contributed by atoms with Crippen LogP contribution in [0.3, 0.4) is 0 Å². The Labute approximate surface area is 285 Å². The molecule has 0 spiro atoms. The lowest BCUT2D eigenvalue weighted by Crippen LogP contribution is -2.01. The van der Waals surface area contributed by atoms with Crippen molar-refractivity contribution in [3.8, 4) is 0 Å². The van der Waals surface area contributed by atoms with Gasteiger partial charge in [-0.15, -0.1) is 0 Å². The lowest BCUT2D eigenvalue weighted by atomic mass is 9.87. The van der Waals surface area contributed by atoms with E-state index in [2.05, 4.69) is 122 Å². The van der Waals surface area contributed by atoms with Gasteiger partial charge in [-0.05, 0) is 123 Å². The van der Waals surface area contributed by atoms with Crippen LogP contribution in [0.15, 0.2) is 103 Å². The summed E-state index contributed by atoms with van der Waals surface area (Å²) in [4.78, 5) is 0. The third kappa shape index (κ3) is 5.62. The van der Waals surface area contributed by atoms with Gasteiger partial charge >= 0.3 is 0 Å². The van der Waals surface area contributed by atoms with Crippen LogP contribution in [-0.4, -0.2) is 4.57 Å². The maximum Gasteiger partial charge on any atom is 0.0491 e. The van der Waals surface area contributed by atoms with Gasteiger partial charge in [0.15, 0.2) is 0 Å². The molecule has 0 unspecified atom stereocenters. The van der Waals surface area contributed by atoms with Crippen LogP contribution >= 0.6 is 0 Å². The van der Waals surface area contributed by atoms with Crippen molar-refractivity contribution in [2.24, 2.45) is 0 Å². The minimum Gasteiger partial charge on any atom is -0.340 e. The molecule has 242 valence electrons. The average molecular weight is 628 g/mol. The second kappa shape index (κ2) is 13.6. The lowest BCUT2D eigenvalue weighted by Gasteiger charge is -2.17. The summed E-state index contributed by atoms with van der Waals surface area (Å²) in [5, 5.41) is 14.0. The summed E-state index contributed by atoms with van der Waals surface area (Å²) >= 11 is 0. The Kier molecular flexibility index (Phi) is 8.79. The second-order valence-corrected chi connectivity index (χ2v) is 14.3. The zero-order valence-corrected chi connectivity index (χ0v) is 29.0. The maximum atomic E-state index is 2.63. The molecule has 1 heterocycles. The highest BCUT2D eigenvalue weighted by Gasteiger charge is 2.16. The van der Waals surface area contributed by atoms with Gasteiger partial charge in [-0.25, -0.2) is 0 Å². The molecule has 1 aromatic heterocycles. The van der Waals surface area contributed by atoms with Gasteiger partial charge in [-0.2, -0.15) is 0 Å². The number of aromatic nitrogens is 1. The van der Waals surface area contributed by atoms with E-state index in [0.29, 0.717) is 0 Å². The first-order chi connectivity index (χ1) is 23.7. The summed E-state index contributed by atoms with van der Waals surface area (Å²) in [6, 6.07) is 40.0. The van der Waals surface area contributed by atoms with Crippen molar-refractivity contribution in [3.63, 3.8) is 0 Å². The number of hydrogen-bond acceptors (Lipinski definition) is 0. The Morgan fingerprint density at radius 1 is 0.417 bits per heavy atom. The first kappa shape index (κ1) is 30.9. The van der Waals surface area contributed by atoms with E-state index in [1.54, 1.807) is 0 Å². The summed E-state index contributed by atoms with van der Waals surface area (Å²) in [5.41, 5.74) is 7.25. The number of nitrogens with zero attached hydrogens (tertiary/aromatic N) is 1. The van der Waals surface area contributed by atoms with E-state index in [1.165, 1.54) is 146 Å². The summed E-state index contributed by atoms with van der Waals surface area (Å²) in [6.45, 7) is 5.62. The molecule has 1 heteroatoms. The van der Waals surface area contributed by atoms with E-state index in [-0.39, 0.29) is 0 Å². The molecule has 0 amide bonds. The Morgan fingerprint density at radius 2 is 0.979 bits per heavy atom. The molecular formula is C47H49N. The fraction of sp³-hybridized carbons (Fsp3) is 0.319. The van der Waals surface area contributed by atoms with Gasteiger partial charge < -0.3 is 4.57 Å². The van der Waals surface area contributed by atoms with Crippen molar-refractivity contribution in [1.29, 1.82) is 0 Å². The number of unbranched alkanes of at least 4 members (excludes halogenated alkanes) is 6. The van der Waals surface area contributed by atoms with Crippen molar-refractivity contribution in [2.45, 2.75) is 97.4 Å². The summed E-state index contributed by atoms with van der Waals surface area (Å²) in [5.74, 6) is 0. The summed E-state index contributed by atoms with van der Waals surface area (Å²) in [6.07, 6.45) is 15.0. The third-order valence-corrected chi connectivity index (χ3v) is 11.1. The fourth-order valence-corrected chi connectivity index (χ4v) is 8.63. The largest absolute Gasteiger partial charge is 0.340 e. The Balaban J connectivity index is 1.15. The van der Waals surface area contributed by atoms with Crippen LogP contribution < -0.4 is 0 Å². The molecule has 0 N–H and O–H groups in total. The Bertz CT molecular complexity index is 2280. The Hall–Kier alpha value is -4.36. The van der Waals surface area contributed by atoms with Crippen LogP contribution in [0.1, 0.15) is 88.3 Å². The first-order valence-electron chi connectivity index (χ1n) is 18.9. The molecule has 0 saturated heterocycles. The van der Waals surface area contributed by atoms with Crippen molar-refractivity contribution < 1.29 is 0 Å². The van der Waals surface area contributed by atoms with Crippen LogP contribution in [0, 0.1) is 0 Å². The molecule has 7 aromatic carbocycles. The average Bonchev–Trinajstić information content (AvgIpc) is 3.43. The summed E-state index contributed by atoms with van der Waals surface area (Å²) in [7, 11) is 0. The van der Waals surface area contributed by atoms with Gasteiger partial charge in [0.2, 0.25) is 0 Å². The number of aryl methyl sites for hydroxylation is 4. The third-order valence-electron chi connectivity index (χ3n) is 11.1. The molecule has 0 saturated carbocycles. The predicted molar refractivity (Wildman–Crippen MR) is 211 cm³/mol. The van der Waals surface area contributed by atoms with Crippen LogP contribution in [-0.2, 0) is 25.8 Å². The normalized spacial score (nSPS) is 12.2. The zero-order valence-electron chi connectivity index (χ0n) is 29.0. The number of fused-ring (bicyclic) bond motifs is 5. The minimum atomic E-state index is 1.02. The highest BCUT2D eigenvalue weighted by molar-refractivity contribution is 6.33. The van der Waals surface area contributed by atoms with Crippen molar-refractivity contribution in [2.75, 3.05) is 0 Å². The van der Waals surface area contributed by atoms with E-state index in [9.17, 15) is 0 Å². The van der Waals surface area contributed by atoms with Crippen LogP contribution in [0.4, 0.5) is 0 Å². The highest BCUT2D eigenvalue weighted by atomic mass is 15.0. The fourth-order valence-electron chi connectivity index (χ4n) is 8.63. The van der Waals surface area contributed by atoms with Gasteiger partial charge in [-0.1, -0.05) is 131 Å². The molecule has 0 fully saturated rings. The molecule has 48 heavy (non-hydrogen) atoms. The molecule has 0 aliphatic heterocycles. The van der Waals surface area contributed by atoms with Crippen molar-refractivity contribution in [1.82, 2.24) is 4.57 Å². The van der Waals surface area contributed by atoms with Crippen LogP contribution in [0.5, 0.6) is 0 Å². The van der Waals surface area contributed by atoms with E-state index in [4.69, 9.17) is 0 Å². The highest BCUT2D eigenvalue weighted by Crippen LogP contribution is 2.42. The molecule has 0 bridgehead atoms. The lowest BCUT2D eigenvalue weighted by molar-refractivity contribution is 0.666. The molecular weight excluding hydrogens is 579 g/mol. The van der Waals surface area contributed by atoms with Crippen molar-refractivity contribution >= 4 is 64.9 Å². The quantitative estimate of drug-likeness (QED) is 0.0642. The second-order valence-electron chi connectivity index (χ2n) is 14.3. The van der Waals surface area contributed by atoms with Crippen LogP contribution in [0.25, 0.3) is 64.9 Å².